The number of hydrogen-bond donors (Lipinski definition) is 3. The third kappa shape index (κ3) is 5.01. The number of aliphatic carboxylic acids is 1. The highest BCUT2D eigenvalue weighted by molar-refractivity contribution is 6.00. The molecule has 0 saturated heterocycles. The zero-order chi connectivity index (χ0) is 21.7. The van der Waals surface area contributed by atoms with Gasteiger partial charge in [-0.3, -0.25) is 14.4 Å². The van der Waals surface area contributed by atoms with E-state index in [0.29, 0.717) is 37.8 Å². The van der Waals surface area contributed by atoms with Crippen molar-refractivity contribution in [2.45, 2.75) is 64.0 Å². The Hall–Kier alpha value is -2.83. The molecule has 1 fully saturated rings. The number of hydrogen-bond acceptors (Lipinski definition) is 3. The molecule has 1 saturated carbocycles. The second-order valence-corrected chi connectivity index (χ2v) is 8.21. The average Bonchev–Trinajstić information content (AvgIpc) is 3.08. The lowest BCUT2D eigenvalue weighted by molar-refractivity contribution is -0.142. The fourth-order valence-corrected chi connectivity index (χ4v) is 4.20. The van der Waals surface area contributed by atoms with Crippen molar-refractivity contribution in [1.82, 2.24) is 15.2 Å². The number of carboxylic acid groups (broad SMARTS) is 1. The summed E-state index contributed by atoms with van der Waals surface area (Å²) < 4.78 is 1.84. The highest BCUT2D eigenvalue weighted by atomic mass is 16.4. The number of fused-ring (bicyclic) bond motifs is 1. The first-order valence-corrected chi connectivity index (χ1v) is 10.8. The molecular weight excluding hydrogens is 382 g/mol. The molecule has 1 heterocycles. The molecule has 1 aromatic carbocycles. The molecule has 3 N–H and O–H groups in total. The van der Waals surface area contributed by atoms with E-state index in [4.69, 9.17) is 5.11 Å². The van der Waals surface area contributed by atoms with Crippen molar-refractivity contribution in [3.8, 4) is 0 Å². The number of aryl methyl sites for hydroxylation is 1. The van der Waals surface area contributed by atoms with E-state index in [1.807, 2.05) is 48.9 Å². The maximum absolute atomic E-state index is 12.9. The fraction of sp³-hybridized carbons (Fsp3) is 0.522. The van der Waals surface area contributed by atoms with Gasteiger partial charge in [-0.25, -0.2) is 0 Å². The maximum Gasteiger partial charge on any atom is 0.306 e. The minimum atomic E-state index is -0.761. The van der Waals surface area contributed by atoms with E-state index in [1.165, 1.54) is 0 Å². The lowest BCUT2D eigenvalue weighted by Gasteiger charge is -2.28. The zero-order valence-electron chi connectivity index (χ0n) is 17.7. The van der Waals surface area contributed by atoms with Crippen molar-refractivity contribution in [2.24, 2.45) is 13.0 Å². The molecule has 2 amide bonds. The first kappa shape index (κ1) is 21.9. The van der Waals surface area contributed by atoms with Crippen LogP contribution in [0.1, 0.15) is 62.4 Å². The molecule has 3 rings (SSSR count). The smallest absolute Gasteiger partial charge is 0.306 e. The van der Waals surface area contributed by atoms with Gasteiger partial charge in [0.25, 0.3) is 5.91 Å². The van der Waals surface area contributed by atoms with Crippen LogP contribution in [0.25, 0.3) is 10.9 Å². The van der Waals surface area contributed by atoms with Crippen LogP contribution in [0.4, 0.5) is 0 Å². The van der Waals surface area contributed by atoms with Crippen LogP contribution in [0.15, 0.2) is 30.3 Å². The molecule has 1 aliphatic carbocycles. The molecular formula is C23H31N3O4. The van der Waals surface area contributed by atoms with Crippen LogP contribution in [-0.4, -0.2) is 39.5 Å². The van der Waals surface area contributed by atoms with Crippen molar-refractivity contribution in [3.63, 3.8) is 0 Å². The molecule has 7 nitrogen and oxygen atoms in total. The average molecular weight is 414 g/mol. The van der Waals surface area contributed by atoms with Gasteiger partial charge in [-0.15, -0.1) is 0 Å². The van der Waals surface area contributed by atoms with E-state index in [0.717, 1.165) is 23.7 Å². The van der Waals surface area contributed by atoms with Gasteiger partial charge in [0.2, 0.25) is 5.91 Å². The molecule has 7 heteroatoms. The van der Waals surface area contributed by atoms with Gasteiger partial charge in [-0.2, -0.15) is 0 Å². The first-order valence-electron chi connectivity index (χ1n) is 10.8. The molecule has 0 bridgehead atoms. The molecule has 0 unspecified atom stereocenters. The van der Waals surface area contributed by atoms with Crippen LogP contribution in [0.5, 0.6) is 0 Å². The van der Waals surface area contributed by atoms with Gasteiger partial charge in [0.05, 0.1) is 5.92 Å². The summed E-state index contributed by atoms with van der Waals surface area (Å²) in [6.07, 6.45) is 4.78. The number of nitrogens with zero attached hydrogens (tertiary/aromatic N) is 1. The largest absolute Gasteiger partial charge is 0.481 e. The molecule has 0 radical (unpaired) electrons. The molecule has 0 aliphatic heterocycles. The van der Waals surface area contributed by atoms with Crippen LogP contribution in [0.3, 0.4) is 0 Å². The molecule has 1 atom stereocenters. The molecule has 1 aliphatic rings. The number of carbonyl (C=O) groups is 3. The quantitative estimate of drug-likeness (QED) is 0.618. The number of carboxylic acids is 1. The number of aromatic nitrogens is 1. The van der Waals surface area contributed by atoms with Gasteiger partial charge in [0, 0.05) is 24.0 Å². The number of para-hydroxylation sites is 1. The van der Waals surface area contributed by atoms with Crippen LogP contribution in [-0.2, 0) is 16.6 Å². The third-order valence-corrected chi connectivity index (χ3v) is 6.08. The normalized spacial score (nSPS) is 19.9. The predicted molar refractivity (Wildman–Crippen MR) is 115 cm³/mol. The summed E-state index contributed by atoms with van der Waals surface area (Å²) in [5.41, 5.74) is 1.49. The second kappa shape index (κ2) is 9.78. The Morgan fingerprint density at radius 3 is 2.50 bits per heavy atom. The Kier molecular flexibility index (Phi) is 7.13. The topological polar surface area (TPSA) is 100 Å². The summed E-state index contributed by atoms with van der Waals surface area (Å²) in [7, 11) is 1.85. The highest BCUT2D eigenvalue weighted by Gasteiger charge is 2.29. The Labute approximate surface area is 176 Å². The van der Waals surface area contributed by atoms with E-state index >= 15 is 0 Å². The maximum atomic E-state index is 12.9. The Balaban J connectivity index is 1.66. The van der Waals surface area contributed by atoms with Gasteiger partial charge in [-0.1, -0.05) is 38.0 Å². The van der Waals surface area contributed by atoms with E-state index in [-0.39, 0.29) is 23.8 Å². The molecule has 1 aromatic heterocycles. The van der Waals surface area contributed by atoms with E-state index in [2.05, 4.69) is 10.6 Å². The van der Waals surface area contributed by atoms with Crippen LogP contribution in [0, 0.1) is 5.92 Å². The molecule has 2 aromatic rings. The predicted octanol–water partition coefficient (Wildman–Crippen LogP) is 3.23. The number of nitrogens with one attached hydrogen (secondary N) is 2. The number of amides is 2. The summed E-state index contributed by atoms with van der Waals surface area (Å²) in [5.74, 6) is -1.53. The van der Waals surface area contributed by atoms with Crippen molar-refractivity contribution in [3.05, 3.63) is 36.0 Å². The number of benzene rings is 1. The Morgan fingerprint density at radius 2 is 1.87 bits per heavy atom. The monoisotopic (exact) mass is 413 g/mol. The Bertz CT molecular complexity index is 912. The lowest BCUT2D eigenvalue weighted by Crippen LogP contribution is -2.50. The SMILES string of the molecule is CCCC[C@H](NC(=O)c1cc2ccccc2n1C)C(=O)NC1CCC(C(=O)O)CC1. The zero-order valence-corrected chi connectivity index (χ0v) is 17.7. The van der Waals surface area contributed by atoms with Crippen molar-refractivity contribution >= 4 is 28.7 Å². The van der Waals surface area contributed by atoms with Crippen LogP contribution in [0.2, 0.25) is 0 Å². The van der Waals surface area contributed by atoms with Crippen molar-refractivity contribution in [1.29, 1.82) is 0 Å². The van der Waals surface area contributed by atoms with Gasteiger partial charge >= 0.3 is 5.97 Å². The van der Waals surface area contributed by atoms with Gasteiger partial charge in [0.15, 0.2) is 0 Å². The van der Waals surface area contributed by atoms with Crippen molar-refractivity contribution in [2.75, 3.05) is 0 Å². The molecule has 0 spiro atoms. The summed E-state index contributed by atoms with van der Waals surface area (Å²) >= 11 is 0. The van der Waals surface area contributed by atoms with Gasteiger partial charge in [0.1, 0.15) is 11.7 Å². The molecule has 30 heavy (non-hydrogen) atoms. The minimum Gasteiger partial charge on any atom is -0.481 e. The fourth-order valence-electron chi connectivity index (χ4n) is 4.20. The van der Waals surface area contributed by atoms with E-state index in [9.17, 15) is 14.4 Å². The number of unbranched alkanes of at least 4 members (excludes halogenated alkanes) is 1. The lowest BCUT2D eigenvalue weighted by atomic mass is 9.86. The van der Waals surface area contributed by atoms with Crippen LogP contribution < -0.4 is 10.6 Å². The highest BCUT2D eigenvalue weighted by Crippen LogP contribution is 2.24. The number of rotatable bonds is 8. The summed E-state index contributed by atoms with van der Waals surface area (Å²) in [6.45, 7) is 2.05. The summed E-state index contributed by atoms with van der Waals surface area (Å²) in [4.78, 5) is 37.0. The summed E-state index contributed by atoms with van der Waals surface area (Å²) in [5, 5.41) is 16.1. The van der Waals surface area contributed by atoms with E-state index in [1.54, 1.807) is 0 Å². The summed E-state index contributed by atoms with van der Waals surface area (Å²) in [6, 6.07) is 8.98. The van der Waals surface area contributed by atoms with Crippen molar-refractivity contribution < 1.29 is 19.5 Å². The second-order valence-electron chi connectivity index (χ2n) is 8.21. The van der Waals surface area contributed by atoms with Crippen LogP contribution >= 0.6 is 0 Å². The Morgan fingerprint density at radius 1 is 1.17 bits per heavy atom. The minimum absolute atomic E-state index is 0.0354. The third-order valence-electron chi connectivity index (χ3n) is 6.08. The number of carbonyl (C=O) groups excluding carboxylic acids is 2. The van der Waals surface area contributed by atoms with Gasteiger partial charge < -0.3 is 20.3 Å². The molecule has 162 valence electrons. The first-order chi connectivity index (χ1) is 14.4. The standard InChI is InChI=1S/C23H31N3O4/c1-3-4-8-18(21(27)24-17-12-10-15(11-13-17)23(29)30)25-22(28)20-14-16-7-5-6-9-19(16)26(20)2/h5-7,9,14-15,17-18H,3-4,8,10-13H2,1-2H3,(H,24,27)(H,25,28)(H,29,30)/t15?,17?,18-/m0/s1. The van der Waals surface area contributed by atoms with E-state index < -0.39 is 12.0 Å². The van der Waals surface area contributed by atoms with Gasteiger partial charge in [-0.05, 0) is 44.2 Å².